The van der Waals surface area contributed by atoms with Crippen molar-refractivity contribution >= 4 is 10.0 Å². The highest BCUT2D eigenvalue weighted by molar-refractivity contribution is 7.89. The predicted octanol–water partition coefficient (Wildman–Crippen LogP) is 3.04. The molecule has 154 valence electrons. The molecule has 0 radical (unpaired) electrons. The zero-order chi connectivity index (χ0) is 20.5. The number of aryl methyl sites for hydroxylation is 1. The standard InChI is InChI=1S/C20H29N3O4S/c1-14(2)23-15(3)12-21-20(23)10-16-8-9-22(13-16)28(24,25)19-11-17(26-4)6-7-18(19)27-5/h6-7,11-12,14,16H,8-10,13H2,1-5H3. The predicted molar refractivity (Wildman–Crippen MR) is 107 cm³/mol. The van der Waals surface area contributed by atoms with Crippen LogP contribution in [0.3, 0.4) is 0 Å². The van der Waals surface area contributed by atoms with Gasteiger partial charge in [-0.15, -0.1) is 0 Å². The highest BCUT2D eigenvalue weighted by Gasteiger charge is 2.35. The number of hydrogen-bond donors (Lipinski definition) is 0. The molecule has 1 unspecified atom stereocenters. The number of nitrogens with zero attached hydrogens (tertiary/aromatic N) is 3. The van der Waals surface area contributed by atoms with Gasteiger partial charge >= 0.3 is 0 Å². The lowest BCUT2D eigenvalue weighted by Crippen LogP contribution is -2.29. The molecule has 0 saturated carbocycles. The van der Waals surface area contributed by atoms with E-state index in [9.17, 15) is 8.42 Å². The monoisotopic (exact) mass is 407 g/mol. The molecule has 1 atom stereocenters. The van der Waals surface area contributed by atoms with Gasteiger partial charge in [0.1, 0.15) is 22.2 Å². The summed E-state index contributed by atoms with van der Waals surface area (Å²) in [6, 6.07) is 5.18. The molecule has 1 aliphatic rings. The van der Waals surface area contributed by atoms with Gasteiger partial charge in [-0.1, -0.05) is 0 Å². The summed E-state index contributed by atoms with van der Waals surface area (Å²) in [4.78, 5) is 4.70. The van der Waals surface area contributed by atoms with Crippen LogP contribution in [0.5, 0.6) is 11.5 Å². The van der Waals surface area contributed by atoms with Crippen molar-refractivity contribution in [2.75, 3.05) is 27.3 Å². The molecule has 1 aromatic heterocycles. The lowest BCUT2D eigenvalue weighted by Gasteiger charge is -2.19. The summed E-state index contributed by atoms with van der Waals surface area (Å²) in [7, 11) is -0.669. The second kappa shape index (κ2) is 8.13. The van der Waals surface area contributed by atoms with Gasteiger partial charge in [-0.25, -0.2) is 13.4 Å². The van der Waals surface area contributed by atoms with Crippen LogP contribution < -0.4 is 9.47 Å². The molecule has 0 amide bonds. The van der Waals surface area contributed by atoms with Crippen molar-refractivity contribution in [2.24, 2.45) is 5.92 Å². The van der Waals surface area contributed by atoms with Gasteiger partial charge in [0.05, 0.1) is 14.2 Å². The van der Waals surface area contributed by atoms with Crippen LogP contribution in [0.15, 0.2) is 29.3 Å². The van der Waals surface area contributed by atoms with Crippen LogP contribution in [0, 0.1) is 12.8 Å². The maximum absolute atomic E-state index is 13.2. The third-order valence-electron chi connectivity index (χ3n) is 5.28. The number of hydrogen-bond acceptors (Lipinski definition) is 5. The summed E-state index contributed by atoms with van der Waals surface area (Å²) in [6.45, 7) is 7.30. The number of rotatable bonds is 7. The van der Waals surface area contributed by atoms with Gasteiger partial charge < -0.3 is 14.0 Å². The summed E-state index contributed by atoms with van der Waals surface area (Å²) < 4.78 is 40.7. The van der Waals surface area contributed by atoms with E-state index >= 15 is 0 Å². The first-order valence-corrected chi connectivity index (χ1v) is 11.0. The van der Waals surface area contributed by atoms with Gasteiger partial charge in [0.2, 0.25) is 10.0 Å². The van der Waals surface area contributed by atoms with Crippen LogP contribution in [0.1, 0.15) is 37.8 Å². The van der Waals surface area contributed by atoms with Crippen molar-refractivity contribution in [2.45, 2.75) is 44.6 Å². The lowest BCUT2D eigenvalue weighted by atomic mass is 10.0. The van der Waals surface area contributed by atoms with E-state index in [1.807, 2.05) is 6.20 Å². The Morgan fingerprint density at radius 1 is 1.25 bits per heavy atom. The fraction of sp³-hybridized carbons (Fsp3) is 0.550. The van der Waals surface area contributed by atoms with E-state index in [1.54, 1.807) is 16.4 Å². The summed E-state index contributed by atoms with van der Waals surface area (Å²) in [5, 5.41) is 0. The number of sulfonamides is 1. The Bertz CT molecular complexity index is 937. The van der Waals surface area contributed by atoms with E-state index in [1.165, 1.54) is 20.3 Å². The zero-order valence-corrected chi connectivity index (χ0v) is 18.0. The topological polar surface area (TPSA) is 73.7 Å². The van der Waals surface area contributed by atoms with Crippen LogP contribution in [-0.4, -0.2) is 49.6 Å². The van der Waals surface area contributed by atoms with Crippen molar-refractivity contribution in [1.29, 1.82) is 0 Å². The molecule has 0 bridgehead atoms. The zero-order valence-electron chi connectivity index (χ0n) is 17.2. The first kappa shape index (κ1) is 20.7. The number of benzene rings is 1. The van der Waals surface area contributed by atoms with Gasteiger partial charge in [0, 0.05) is 43.5 Å². The van der Waals surface area contributed by atoms with Crippen LogP contribution in [0.25, 0.3) is 0 Å². The molecule has 1 aromatic carbocycles. The first-order chi connectivity index (χ1) is 13.3. The molecule has 3 rings (SSSR count). The number of imidazole rings is 1. The molecule has 1 fully saturated rings. The summed E-state index contributed by atoms with van der Waals surface area (Å²) >= 11 is 0. The van der Waals surface area contributed by atoms with Gasteiger partial charge in [0.25, 0.3) is 0 Å². The Labute approximate surface area is 167 Å². The Balaban J connectivity index is 1.80. The van der Waals surface area contributed by atoms with Crippen LogP contribution in [0.2, 0.25) is 0 Å². The van der Waals surface area contributed by atoms with E-state index in [2.05, 4.69) is 30.3 Å². The molecule has 2 heterocycles. The van der Waals surface area contributed by atoms with Gasteiger partial charge in [-0.05, 0) is 45.2 Å². The highest BCUT2D eigenvalue weighted by Crippen LogP contribution is 2.33. The number of methoxy groups -OCH3 is 2. The van der Waals surface area contributed by atoms with E-state index in [0.29, 0.717) is 30.6 Å². The maximum Gasteiger partial charge on any atom is 0.246 e. The van der Waals surface area contributed by atoms with Gasteiger partial charge in [0.15, 0.2) is 0 Å². The fourth-order valence-electron chi connectivity index (χ4n) is 3.92. The van der Waals surface area contributed by atoms with E-state index < -0.39 is 10.0 Å². The Morgan fingerprint density at radius 2 is 2.00 bits per heavy atom. The van der Waals surface area contributed by atoms with Crippen LogP contribution in [-0.2, 0) is 16.4 Å². The first-order valence-electron chi connectivity index (χ1n) is 9.52. The average molecular weight is 408 g/mol. The van der Waals surface area contributed by atoms with Gasteiger partial charge in [-0.3, -0.25) is 0 Å². The number of ether oxygens (including phenoxy) is 2. The van der Waals surface area contributed by atoms with Crippen molar-refractivity contribution in [3.63, 3.8) is 0 Å². The molecular formula is C20H29N3O4S. The Kier molecular flexibility index (Phi) is 6.00. The SMILES string of the molecule is COc1ccc(OC)c(S(=O)(=O)N2CCC(Cc3ncc(C)n3C(C)C)C2)c1. The smallest absolute Gasteiger partial charge is 0.246 e. The highest BCUT2D eigenvalue weighted by atomic mass is 32.2. The molecule has 0 N–H and O–H groups in total. The van der Waals surface area contributed by atoms with E-state index in [4.69, 9.17) is 9.47 Å². The number of aromatic nitrogens is 2. The van der Waals surface area contributed by atoms with Crippen LogP contribution in [0.4, 0.5) is 0 Å². The minimum Gasteiger partial charge on any atom is -0.497 e. The maximum atomic E-state index is 13.2. The third-order valence-corrected chi connectivity index (χ3v) is 7.17. The molecule has 7 nitrogen and oxygen atoms in total. The average Bonchev–Trinajstić information content (AvgIpc) is 3.28. The van der Waals surface area contributed by atoms with Crippen molar-refractivity contribution in [3.05, 3.63) is 35.9 Å². The molecule has 1 saturated heterocycles. The summed E-state index contributed by atoms with van der Waals surface area (Å²) in [5.74, 6) is 2.08. The second-order valence-corrected chi connectivity index (χ2v) is 9.42. The quantitative estimate of drug-likeness (QED) is 0.705. The molecule has 0 aliphatic carbocycles. The molecule has 0 spiro atoms. The minimum absolute atomic E-state index is 0.148. The largest absolute Gasteiger partial charge is 0.497 e. The Morgan fingerprint density at radius 3 is 2.64 bits per heavy atom. The molecule has 1 aliphatic heterocycles. The third kappa shape index (κ3) is 3.89. The lowest BCUT2D eigenvalue weighted by molar-refractivity contribution is 0.387. The molecule has 2 aromatic rings. The minimum atomic E-state index is -3.66. The van der Waals surface area contributed by atoms with Crippen molar-refractivity contribution < 1.29 is 17.9 Å². The van der Waals surface area contributed by atoms with Crippen LogP contribution >= 0.6 is 0 Å². The Hall–Kier alpha value is -2.06. The fourth-order valence-corrected chi connectivity index (χ4v) is 5.62. The molecule has 28 heavy (non-hydrogen) atoms. The molecular weight excluding hydrogens is 378 g/mol. The van der Waals surface area contributed by atoms with E-state index in [-0.39, 0.29) is 10.8 Å². The van der Waals surface area contributed by atoms with E-state index in [0.717, 1.165) is 24.4 Å². The molecule has 8 heteroatoms. The normalized spacial score (nSPS) is 18.0. The summed E-state index contributed by atoms with van der Waals surface area (Å²) in [6.07, 6.45) is 3.47. The van der Waals surface area contributed by atoms with Gasteiger partial charge in [-0.2, -0.15) is 4.31 Å². The summed E-state index contributed by atoms with van der Waals surface area (Å²) in [5.41, 5.74) is 1.13. The second-order valence-electron chi connectivity index (χ2n) is 7.52. The van der Waals surface area contributed by atoms with Crippen molar-refractivity contribution in [3.8, 4) is 11.5 Å². The van der Waals surface area contributed by atoms with Crippen molar-refractivity contribution in [1.82, 2.24) is 13.9 Å².